The summed E-state index contributed by atoms with van der Waals surface area (Å²) in [6, 6.07) is 8.86. The first-order valence-electron chi connectivity index (χ1n) is 9.20. The zero-order valence-corrected chi connectivity index (χ0v) is 16.7. The van der Waals surface area contributed by atoms with Crippen LogP contribution in [0.15, 0.2) is 41.1 Å². The Kier molecular flexibility index (Phi) is 4.75. The Labute approximate surface area is 167 Å². The minimum atomic E-state index is -0.210. The molecule has 4 rings (SSSR count). The van der Waals surface area contributed by atoms with Crippen molar-refractivity contribution in [1.82, 2.24) is 19.8 Å². The number of hydrogen-bond donors (Lipinski definition) is 1. The first-order valence-corrected chi connectivity index (χ1v) is 9.20. The van der Waals surface area contributed by atoms with Gasteiger partial charge in [0, 0.05) is 5.56 Å². The minimum Gasteiger partial charge on any atom is -0.489 e. The monoisotopic (exact) mass is 391 g/mol. The molecular weight excluding hydrogens is 370 g/mol. The number of nitrogens with one attached hydrogen (secondary N) is 1. The number of carbonyl (C=O) groups excluding carboxylic acids is 1. The number of aryl methyl sites for hydroxylation is 4. The van der Waals surface area contributed by atoms with Gasteiger partial charge in [-0.2, -0.15) is 5.10 Å². The highest BCUT2D eigenvalue weighted by atomic mass is 16.5. The molecular formula is C21H21N5O3. The summed E-state index contributed by atoms with van der Waals surface area (Å²) in [6.45, 7) is 7.86. The molecule has 1 amide bonds. The molecule has 4 aromatic rings. The van der Waals surface area contributed by atoms with E-state index in [1.165, 1.54) is 0 Å². The molecule has 0 radical (unpaired) electrons. The lowest BCUT2D eigenvalue weighted by Crippen LogP contribution is -2.12. The van der Waals surface area contributed by atoms with Gasteiger partial charge in [-0.05, 0) is 63.6 Å². The topological polar surface area (TPSA) is 94.5 Å². The number of benzene rings is 1. The first kappa shape index (κ1) is 18.7. The number of nitrogens with zero attached hydrogens (tertiary/aromatic N) is 4. The van der Waals surface area contributed by atoms with Crippen molar-refractivity contribution >= 4 is 17.2 Å². The van der Waals surface area contributed by atoms with Crippen LogP contribution in [0.2, 0.25) is 0 Å². The molecule has 0 aliphatic heterocycles. The van der Waals surface area contributed by atoms with E-state index in [9.17, 15) is 4.79 Å². The number of fused-ring (bicyclic) bond motifs is 1. The Morgan fingerprint density at radius 2 is 1.93 bits per heavy atom. The van der Waals surface area contributed by atoms with Crippen LogP contribution >= 0.6 is 0 Å². The van der Waals surface area contributed by atoms with Crippen LogP contribution in [0, 0.1) is 27.7 Å². The number of rotatable bonds is 5. The van der Waals surface area contributed by atoms with Gasteiger partial charge in [0.25, 0.3) is 5.91 Å². The van der Waals surface area contributed by atoms with E-state index in [0.29, 0.717) is 29.4 Å². The molecule has 0 saturated carbocycles. The molecule has 0 aliphatic carbocycles. The highest BCUT2D eigenvalue weighted by Gasteiger charge is 2.12. The lowest BCUT2D eigenvalue weighted by Gasteiger charge is -2.09. The summed E-state index contributed by atoms with van der Waals surface area (Å²) in [7, 11) is 0. The molecule has 148 valence electrons. The van der Waals surface area contributed by atoms with E-state index in [2.05, 4.69) is 20.6 Å². The van der Waals surface area contributed by atoms with Crippen LogP contribution in [0.4, 0.5) is 5.69 Å². The molecule has 0 saturated heterocycles. The zero-order chi connectivity index (χ0) is 20.5. The SMILES string of the molecule is Cc1nc2c(C)cc(NC(=O)c3ccc(OCc4c(C)noc4C)cc3)cn2n1. The minimum absolute atomic E-state index is 0.210. The molecule has 8 heteroatoms. The zero-order valence-electron chi connectivity index (χ0n) is 16.7. The van der Waals surface area contributed by atoms with Crippen LogP contribution in [0.5, 0.6) is 5.75 Å². The number of carbonyl (C=O) groups is 1. The first-order chi connectivity index (χ1) is 13.9. The van der Waals surface area contributed by atoms with Crippen molar-refractivity contribution in [1.29, 1.82) is 0 Å². The van der Waals surface area contributed by atoms with E-state index >= 15 is 0 Å². The fourth-order valence-corrected chi connectivity index (χ4v) is 3.09. The molecule has 8 nitrogen and oxygen atoms in total. The molecule has 29 heavy (non-hydrogen) atoms. The fourth-order valence-electron chi connectivity index (χ4n) is 3.09. The molecule has 0 atom stereocenters. The van der Waals surface area contributed by atoms with Crippen molar-refractivity contribution in [2.24, 2.45) is 0 Å². The Bertz CT molecular complexity index is 1170. The summed E-state index contributed by atoms with van der Waals surface area (Å²) in [5.41, 5.74) is 4.65. The number of hydrogen-bond acceptors (Lipinski definition) is 6. The average Bonchev–Trinajstić information content (AvgIpc) is 3.22. The maximum Gasteiger partial charge on any atom is 0.255 e. The van der Waals surface area contributed by atoms with Gasteiger partial charge in [-0.3, -0.25) is 4.79 Å². The second kappa shape index (κ2) is 7.38. The van der Waals surface area contributed by atoms with Crippen molar-refractivity contribution in [3.05, 3.63) is 70.5 Å². The number of pyridine rings is 1. The maximum absolute atomic E-state index is 12.6. The number of aromatic nitrogens is 4. The van der Waals surface area contributed by atoms with E-state index in [0.717, 1.165) is 28.2 Å². The second-order valence-corrected chi connectivity index (χ2v) is 6.91. The predicted molar refractivity (Wildman–Crippen MR) is 107 cm³/mol. The summed E-state index contributed by atoms with van der Waals surface area (Å²) >= 11 is 0. The van der Waals surface area contributed by atoms with Crippen LogP contribution in [-0.4, -0.2) is 25.7 Å². The van der Waals surface area contributed by atoms with Gasteiger partial charge in [-0.15, -0.1) is 0 Å². The van der Waals surface area contributed by atoms with Crippen molar-refractivity contribution in [2.75, 3.05) is 5.32 Å². The van der Waals surface area contributed by atoms with E-state index in [1.54, 1.807) is 35.0 Å². The molecule has 0 fully saturated rings. The smallest absolute Gasteiger partial charge is 0.255 e. The fraction of sp³-hybridized carbons (Fsp3) is 0.238. The largest absolute Gasteiger partial charge is 0.489 e. The summed E-state index contributed by atoms with van der Waals surface area (Å²) in [5.74, 6) is 1.88. The highest BCUT2D eigenvalue weighted by Crippen LogP contribution is 2.19. The Morgan fingerprint density at radius 1 is 1.17 bits per heavy atom. The van der Waals surface area contributed by atoms with Crippen molar-refractivity contribution < 1.29 is 14.1 Å². The number of ether oxygens (including phenoxy) is 1. The van der Waals surface area contributed by atoms with E-state index in [-0.39, 0.29) is 5.91 Å². The normalized spacial score (nSPS) is 11.0. The van der Waals surface area contributed by atoms with E-state index < -0.39 is 0 Å². The highest BCUT2D eigenvalue weighted by molar-refractivity contribution is 6.04. The van der Waals surface area contributed by atoms with Crippen LogP contribution in [0.3, 0.4) is 0 Å². The summed E-state index contributed by atoms with van der Waals surface area (Å²) in [6.07, 6.45) is 1.75. The number of anilines is 1. The molecule has 3 aromatic heterocycles. The third-order valence-electron chi connectivity index (χ3n) is 4.66. The predicted octanol–water partition coefficient (Wildman–Crippen LogP) is 3.78. The molecule has 0 aliphatic rings. The third kappa shape index (κ3) is 3.82. The second-order valence-electron chi connectivity index (χ2n) is 6.91. The van der Waals surface area contributed by atoms with Crippen LogP contribution in [0.1, 0.15) is 38.8 Å². The molecule has 0 bridgehead atoms. The Hall–Kier alpha value is -3.68. The van der Waals surface area contributed by atoms with Gasteiger partial charge in [-0.25, -0.2) is 9.50 Å². The van der Waals surface area contributed by atoms with Gasteiger partial charge >= 0.3 is 0 Å². The quantitative estimate of drug-likeness (QED) is 0.556. The third-order valence-corrected chi connectivity index (χ3v) is 4.66. The lowest BCUT2D eigenvalue weighted by molar-refractivity contribution is 0.102. The van der Waals surface area contributed by atoms with Crippen LogP contribution < -0.4 is 10.1 Å². The molecule has 3 heterocycles. The average molecular weight is 391 g/mol. The van der Waals surface area contributed by atoms with Gasteiger partial charge in [0.2, 0.25) is 0 Å². The van der Waals surface area contributed by atoms with Crippen molar-refractivity contribution in [3.63, 3.8) is 0 Å². The van der Waals surface area contributed by atoms with Gasteiger partial charge in [0.15, 0.2) is 5.65 Å². The van der Waals surface area contributed by atoms with Gasteiger partial charge in [0.05, 0.1) is 23.1 Å². The van der Waals surface area contributed by atoms with Crippen molar-refractivity contribution in [2.45, 2.75) is 34.3 Å². The molecule has 1 aromatic carbocycles. The van der Waals surface area contributed by atoms with Crippen LogP contribution in [0.25, 0.3) is 5.65 Å². The lowest BCUT2D eigenvalue weighted by atomic mass is 10.2. The Balaban J connectivity index is 1.44. The maximum atomic E-state index is 12.6. The Morgan fingerprint density at radius 3 is 2.62 bits per heavy atom. The van der Waals surface area contributed by atoms with Crippen LogP contribution in [-0.2, 0) is 6.61 Å². The number of amides is 1. The van der Waals surface area contributed by atoms with Gasteiger partial charge < -0.3 is 14.6 Å². The summed E-state index contributed by atoms with van der Waals surface area (Å²) in [4.78, 5) is 17.0. The van der Waals surface area contributed by atoms with Gasteiger partial charge in [0.1, 0.15) is 23.9 Å². The molecule has 1 N–H and O–H groups in total. The summed E-state index contributed by atoms with van der Waals surface area (Å²) in [5, 5.41) is 11.1. The van der Waals surface area contributed by atoms with Gasteiger partial charge in [-0.1, -0.05) is 5.16 Å². The van der Waals surface area contributed by atoms with E-state index in [4.69, 9.17) is 9.26 Å². The standard InChI is InChI=1S/C21H21N5O3/c1-12-9-17(10-26-20(12)22-15(4)24-26)23-21(27)16-5-7-18(8-6-16)28-11-19-13(2)25-29-14(19)3/h5-10H,11H2,1-4H3,(H,23,27). The van der Waals surface area contributed by atoms with Crippen molar-refractivity contribution in [3.8, 4) is 5.75 Å². The molecule has 0 unspecified atom stereocenters. The molecule has 0 spiro atoms. The van der Waals surface area contributed by atoms with E-state index in [1.807, 2.05) is 33.8 Å². The summed E-state index contributed by atoms with van der Waals surface area (Å²) < 4.78 is 12.6.